The van der Waals surface area contributed by atoms with Crippen molar-refractivity contribution in [1.82, 2.24) is 5.32 Å². The lowest BCUT2D eigenvalue weighted by molar-refractivity contribution is -0.143. The molecule has 108 valence electrons. The number of carbonyl (C=O) groups excluding carboxylic acids is 1. The van der Waals surface area contributed by atoms with Crippen LogP contribution in [0.3, 0.4) is 0 Å². The number of amides is 1. The number of rotatable bonds is 7. The normalized spacial score (nSPS) is 15.7. The van der Waals surface area contributed by atoms with Crippen molar-refractivity contribution in [2.75, 3.05) is 12.3 Å². The Kier molecular flexibility index (Phi) is 4.65. The van der Waals surface area contributed by atoms with Gasteiger partial charge in [0.2, 0.25) is 5.91 Å². The second-order valence-corrected chi connectivity index (χ2v) is 6.03. The first kappa shape index (κ1) is 14.8. The van der Waals surface area contributed by atoms with Crippen LogP contribution in [0.15, 0.2) is 29.2 Å². The highest BCUT2D eigenvalue weighted by atomic mass is 32.2. The molecule has 4 nitrogen and oxygen atoms in total. The average Bonchev–Trinajstić information content (AvgIpc) is 3.20. The quantitative estimate of drug-likeness (QED) is 0.758. The maximum Gasteiger partial charge on any atom is 0.311 e. The van der Waals surface area contributed by atoms with Gasteiger partial charge in [-0.25, -0.2) is 4.39 Å². The van der Waals surface area contributed by atoms with Crippen LogP contribution in [0.5, 0.6) is 0 Å². The van der Waals surface area contributed by atoms with Crippen molar-refractivity contribution in [3.63, 3.8) is 0 Å². The Labute approximate surface area is 120 Å². The zero-order valence-electron chi connectivity index (χ0n) is 10.9. The summed E-state index contributed by atoms with van der Waals surface area (Å²) in [6.07, 6.45) is 1.48. The summed E-state index contributed by atoms with van der Waals surface area (Å²) in [7, 11) is 0. The zero-order chi connectivity index (χ0) is 14.6. The van der Waals surface area contributed by atoms with E-state index in [1.807, 2.05) is 0 Å². The van der Waals surface area contributed by atoms with E-state index in [4.69, 9.17) is 5.11 Å². The number of aliphatic carboxylic acids is 1. The van der Waals surface area contributed by atoms with Gasteiger partial charge < -0.3 is 10.4 Å². The van der Waals surface area contributed by atoms with Crippen molar-refractivity contribution in [3.05, 3.63) is 30.1 Å². The summed E-state index contributed by atoms with van der Waals surface area (Å²) < 4.78 is 13.3. The van der Waals surface area contributed by atoms with Crippen molar-refractivity contribution in [2.45, 2.75) is 24.2 Å². The average molecular weight is 297 g/mol. The number of carboxylic acids is 1. The van der Waals surface area contributed by atoms with E-state index < -0.39 is 11.4 Å². The van der Waals surface area contributed by atoms with E-state index in [0.717, 1.165) is 0 Å². The summed E-state index contributed by atoms with van der Waals surface area (Å²) in [5, 5.41) is 11.6. The summed E-state index contributed by atoms with van der Waals surface area (Å²) in [5.41, 5.74) is -0.742. The van der Waals surface area contributed by atoms with Gasteiger partial charge in [0.1, 0.15) is 5.82 Å². The Balaban J connectivity index is 1.68. The van der Waals surface area contributed by atoms with E-state index in [1.165, 1.54) is 17.8 Å². The van der Waals surface area contributed by atoms with E-state index in [2.05, 4.69) is 5.32 Å². The van der Waals surface area contributed by atoms with E-state index in [-0.39, 0.29) is 24.7 Å². The summed E-state index contributed by atoms with van der Waals surface area (Å²) in [5.74, 6) is -0.868. The molecule has 0 heterocycles. The number of hydrogen-bond donors (Lipinski definition) is 2. The minimum absolute atomic E-state index is 0.186. The van der Waals surface area contributed by atoms with Crippen molar-refractivity contribution in [1.29, 1.82) is 0 Å². The molecule has 0 unspecified atom stereocenters. The van der Waals surface area contributed by atoms with E-state index in [0.29, 0.717) is 23.5 Å². The molecule has 1 fully saturated rings. The summed E-state index contributed by atoms with van der Waals surface area (Å²) in [6.45, 7) is 0.186. The van der Waals surface area contributed by atoms with Gasteiger partial charge in [-0.3, -0.25) is 9.59 Å². The van der Waals surface area contributed by atoms with Crippen molar-refractivity contribution < 1.29 is 19.1 Å². The lowest BCUT2D eigenvalue weighted by Crippen LogP contribution is -2.34. The topological polar surface area (TPSA) is 66.4 Å². The van der Waals surface area contributed by atoms with E-state index >= 15 is 0 Å². The number of thioether (sulfide) groups is 1. The van der Waals surface area contributed by atoms with Gasteiger partial charge in [0.05, 0.1) is 5.41 Å². The third-order valence-corrected chi connectivity index (χ3v) is 4.40. The molecule has 0 saturated heterocycles. The van der Waals surface area contributed by atoms with Crippen LogP contribution < -0.4 is 5.32 Å². The summed E-state index contributed by atoms with van der Waals surface area (Å²) >= 11 is 1.28. The van der Waals surface area contributed by atoms with Crippen LogP contribution in [0, 0.1) is 11.2 Å². The van der Waals surface area contributed by atoms with Gasteiger partial charge in [-0.15, -0.1) is 11.8 Å². The molecule has 1 amide bonds. The van der Waals surface area contributed by atoms with Crippen LogP contribution >= 0.6 is 11.8 Å². The molecule has 0 radical (unpaired) electrons. The maximum absolute atomic E-state index is 13.3. The molecular weight excluding hydrogens is 281 g/mol. The number of carboxylic acid groups (broad SMARTS) is 1. The van der Waals surface area contributed by atoms with E-state index in [9.17, 15) is 14.0 Å². The van der Waals surface area contributed by atoms with Crippen LogP contribution in [-0.2, 0) is 9.59 Å². The van der Waals surface area contributed by atoms with Gasteiger partial charge in [-0.1, -0.05) is 12.1 Å². The van der Waals surface area contributed by atoms with Crippen molar-refractivity contribution in [2.24, 2.45) is 5.41 Å². The SMILES string of the molecule is O=C(CCSc1ccccc1F)NCC1(C(=O)O)CC1. The van der Waals surface area contributed by atoms with E-state index in [1.54, 1.807) is 18.2 Å². The first-order valence-corrected chi connectivity index (χ1v) is 7.39. The molecule has 1 aliphatic carbocycles. The predicted molar refractivity (Wildman–Crippen MR) is 74.1 cm³/mol. The number of carbonyl (C=O) groups is 2. The zero-order valence-corrected chi connectivity index (χ0v) is 11.7. The Morgan fingerprint density at radius 1 is 1.35 bits per heavy atom. The highest BCUT2D eigenvalue weighted by Crippen LogP contribution is 2.45. The van der Waals surface area contributed by atoms with Crippen molar-refractivity contribution >= 4 is 23.6 Å². The fourth-order valence-corrected chi connectivity index (χ4v) is 2.68. The molecular formula is C14H16FNO3S. The Morgan fingerprint density at radius 2 is 2.05 bits per heavy atom. The molecule has 1 aromatic carbocycles. The fraction of sp³-hybridized carbons (Fsp3) is 0.429. The smallest absolute Gasteiger partial charge is 0.311 e. The lowest BCUT2D eigenvalue weighted by Gasteiger charge is -2.11. The highest BCUT2D eigenvalue weighted by Gasteiger charge is 2.50. The Morgan fingerprint density at radius 3 is 2.65 bits per heavy atom. The molecule has 1 aliphatic rings. The maximum atomic E-state index is 13.3. The summed E-state index contributed by atoms with van der Waals surface area (Å²) in [4.78, 5) is 23.1. The van der Waals surface area contributed by atoms with Crippen molar-refractivity contribution in [3.8, 4) is 0 Å². The molecule has 0 spiro atoms. The second kappa shape index (κ2) is 6.26. The van der Waals surface area contributed by atoms with Gasteiger partial charge in [-0.05, 0) is 25.0 Å². The minimum Gasteiger partial charge on any atom is -0.481 e. The molecule has 0 atom stereocenters. The number of halogens is 1. The standard InChI is InChI=1S/C14H16FNO3S/c15-10-3-1-2-4-11(10)20-8-5-12(17)16-9-14(6-7-14)13(18)19/h1-4H,5-9H2,(H,16,17)(H,18,19). The Bertz CT molecular complexity index is 517. The molecule has 1 aromatic rings. The molecule has 0 aliphatic heterocycles. The predicted octanol–water partition coefficient (Wildman–Crippen LogP) is 2.29. The van der Waals surface area contributed by atoms with Crippen LogP contribution in [0.25, 0.3) is 0 Å². The Hall–Kier alpha value is -1.56. The largest absolute Gasteiger partial charge is 0.481 e. The molecule has 0 aromatic heterocycles. The first-order valence-electron chi connectivity index (χ1n) is 6.41. The molecule has 6 heteroatoms. The minimum atomic E-state index is -0.849. The van der Waals surface area contributed by atoms with Gasteiger partial charge in [0, 0.05) is 23.6 Å². The molecule has 0 bridgehead atoms. The van der Waals surface area contributed by atoms with Gasteiger partial charge in [-0.2, -0.15) is 0 Å². The third kappa shape index (κ3) is 3.72. The molecule has 2 rings (SSSR count). The van der Waals surface area contributed by atoms with Crippen LogP contribution in [-0.4, -0.2) is 29.3 Å². The van der Waals surface area contributed by atoms with Crippen LogP contribution in [0.2, 0.25) is 0 Å². The molecule has 1 saturated carbocycles. The van der Waals surface area contributed by atoms with Gasteiger partial charge in [0.15, 0.2) is 0 Å². The molecule has 20 heavy (non-hydrogen) atoms. The summed E-state index contributed by atoms with van der Waals surface area (Å²) in [6, 6.07) is 6.41. The first-order chi connectivity index (χ1) is 9.53. The van der Waals surface area contributed by atoms with Crippen LogP contribution in [0.1, 0.15) is 19.3 Å². The number of hydrogen-bond acceptors (Lipinski definition) is 3. The van der Waals surface area contributed by atoms with Gasteiger partial charge >= 0.3 is 5.97 Å². The molecule has 2 N–H and O–H groups in total. The van der Waals surface area contributed by atoms with Gasteiger partial charge in [0.25, 0.3) is 0 Å². The highest BCUT2D eigenvalue weighted by molar-refractivity contribution is 7.99. The lowest BCUT2D eigenvalue weighted by atomic mass is 10.1. The number of benzene rings is 1. The van der Waals surface area contributed by atoms with Crippen LogP contribution in [0.4, 0.5) is 4.39 Å². The third-order valence-electron chi connectivity index (χ3n) is 3.35. The monoisotopic (exact) mass is 297 g/mol. The second-order valence-electron chi connectivity index (χ2n) is 4.89. The number of nitrogens with one attached hydrogen (secondary N) is 1. The fourth-order valence-electron chi connectivity index (χ4n) is 1.79.